The highest BCUT2D eigenvalue weighted by Crippen LogP contribution is 2.21. The minimum absolute atomic E-state index is 0.154. The first kappa shape index (κ1) is 16.0. The van der Waals surface area contributed by atoms with E-state index in [4.69, 9.17) is 16.9 Å². The molecule has 0 amide bonds. The number of benzene rings is 2. The van der Waals surface area contributed by atoms with Crippen LogP contribution in [0.15, 0.2) is 53.4 Å². The van der Waals surface area contributed by atoms with Crippen molar-refractivity contribution in [3.8, 4) is 6.07 Å². The molecule has 22 heavy (non-hydrogen) atoms. The van der Waals surface area contributed by atoms with Crippen LogP contribution in [0.25, 0.3) is 6.08 Å². The van der Waals surface area contributed by atoms with E-state index < -0.39 is 20.7 Å². The van der Waals surface area contributed by atoms with E-state index in [9.17, 15) is 12.8 Å². The average Bonchev–Trinajstić information content (AvgIpc) is 2.48. The lowest BCUT2D eigenvalue weighted by Crippen LogP contribution is -2.14. The maximum Gasteiger partial charge on any atom is 0.272 e. The molecule has 0 spiro atoms. The summed E-state index contributed by atoms with van der Waals surface area (Å²) in [6.07, 6.45) is 1.17. The number of anilines is 1. The molecule has 0 saturated heterocycles. The molecule has 0 saturated carbocycles. The molecule has 2 aromatic carbocycles. The highest BCUT2D eigenvalue weighted by Gasteiger charge is 2.18. The number of hydrogen-bond donors (Lipinski definition) is 1. The summed E-state index contributed by atoms with van der Waals surface area (Å²) in [4.78, 5) is -0.495. The van der Waals surface area contributed by atoms with Gasteiger partial charge < -0.3 is 0 Å². The van der Waals surface area contributed by atoms with Crippen molar-refractivity contribution in [2.24, 2.45) is 0 Å². The number of nitrogens with zero attached hydrogens (tertiary/aromatic N) is 1. The van der Waals surface area contributed by atoms with Gasteiger partial charge in [-0.1, -0.05) is 29.8 Å². The number of rotatable bonds is 4. The molecule has 4 nitrogen and oxygen atoms in total. The van der Waals surface area contributed by atoms with Crippen LogP contribution in [-0.4, -0.2) is 8.42 Å². The van der Waals surface area contributed by atoms with Gasteiger partial charge in [-0.2, -0.15) is 5.26 Å². The smallest absolute Gasteiger partial charge is 0.272 e. The lowest BCUT2D eigenvalue weighted by atomic mass is 10.2. The number of sulfonamides is 1. The number of nitrogens with one attached hydrogen (secondary N) is 1. The van der Waals surface area contributed by atoms with Gasteiger partial charge in [-0.15, -0.1) is 0 Å². The van der Waals surface area contributed by atoms with E-state index in [1.165, 1.54) is 18.2 Å². The second-order valence-electron chi connectivity index (χ2n) is 4.25. The van der Waals surface area contributed by atoms with Crippen molar-refractivity contribution in [2.75, 3.05) is 4.72 Å². The normalized spacial score (nSPS) is 11.8. The van der Waals surface area contributed by atoms with Crippen molar-refractivity contribution in [1.29, 1.82) is 5.26 Å². The molecule has 1 N–H and O–H groups in total. The molecular formula is C15H10ClFN2O2S. The number of hydrogen-bond acceptors (Lipinski definition) is 3. The summed E-state index contributed by atoms with van der Waals surface area (Å²) >= 11 is 5.94. The topological polar surface area (TPSA) is 70.0 Å². The van der Waals surface area contributed by atoms with Crippen LogP contribution in [0.2, 0.25) is 5.02 Å². The lowest BCUT2D eigenvalue weighted by molar-refractivity contribution is 0.608. The van der Waals surface area contributed by atoms with E-state index in [-0.39, 0.29) is 5.69 Å². The number of halogens is 2. The van der Waals surface area contributed by atoms with Crippen LogP contribution in [0.1, 0.15) is 5.56 Å². The molecule has 2 aromatic rings. The Morgan fingerprint density at radius 3 is 2.41 bits per heavy atom. The molecule has 0 unspecified atom stereocenters. The first-order chi connectivity index (χ1) is 10.4. The molecule has 0 aliphatic rings. The fourth-order valence-corrected chi connectivity index (χ4v) is 2.78. The lowest BCUT2D eigenvalue weighted by Gasteiger charge is -2.07. The molecule has 2 rings (SSSR count). The van der Waals surface area contributed by atoms with Crippen LogP contribution < -0.4 is 4.72 Å². The quantitative estimate of drug-likeness (QED) is 0.864. The summed E-state index contributed by atoms with van der Waals surface area (Å²) in [5.41, 5.74) is 0.562. The van der Waals surface area contributed by atoms with Crippen molar-refractivity contribution in [3.63, 3.8) is 0 Å². The molecule has 0 bridgehead atoms. The van der Waals surface area contributed by atoms with Crippen molar-refractivity contribution in [2.45, 2.75) is 0 Å². The molecule has 7 heteroatoms. The zero-order chi connectivity index (χ0) is 16.2. The minimum Gasteiger partial charge on any atom is -0.279 e. The fraction of sp³-hybridized carbons (Fsp3) is 0. The maximum absolute atomic E-state index is 12.8. The zero-order valence-corrected chi connectivity index (χ0v) is 12.7. The Morgan fingerprint density at radius 1 is 1.18 bits per heavy atom. The highest BCUT2D eigenvalue weighted by atomic mass is 35.5. The van der Waals surface area contributed by atoms with Gasteiger partial charge in [0.25, 0.3) is 10.0 Å². The third-order valence-corrected chi connectivity index (χ3v) is 4.32. The fourth-order valence-electron chi connectivity index (χ4n) is 1.63. The molecule has 0 heterocycles. The summed E-state index contributed by atoms with van der Waals surface area (Å²) in [5, 5.41) is 9.42. The van der Waals surface area contributed by atoms with E-state index in [0.29, 0.717) is 10.6 Å². The van der Waals surface area contributed by atoms with Gasteiger partial charge in [-0.3, -0.25) is 4.72 Å². The third kappa shape index (κ3) is 3.85. The third-order valence-electron chi connectivity index (χ3n) is 2.69. The molecule has 0 aliphatic carbocycles. The Balaban J connectivity index is 2.36. The van der Waals surface area contributed by atoms with Gasteiger partial charge in [0.1, 0.15) is 11.9 Å². The van der Waals surface area contributed by atoms with E-state index in [0.717, 1.165) is 12.1 Å². The van der Waals surface area contributed by atoms with Gasteiger partial charge in [0.05, 0.1) is 0 Å². The van der Waals surface area contributed by atoms with Gasteiger partial charge in [-0.05, 0) is 42.0 Å². The van der Waals surface area contributed by atoms with Crippen LogP contribution in [0.5, 0.6) is 0 Å². The molecule has 112 valence electrons. The van der Waals surface area contributed by atoms with Gasteiger partial charge in [0.2, 0.25) is 0 Å². The van der Waals surface area contributed by atoms with Crippen LogP contribution in [0.3, 0.4) is 0 Å². The molecule has 0 fully saturated rings. The van der Waals surface area contributed by atoms with E-state index in [1.54, 1.807) is 30.3 Å². The molecule has 0 radical (unpaired) electrons. The molecule has 0 aromatic heterocycles. The SMILES string of the molecule is N#CC(=Cc1ccccc1Cl)S(=O)(=O)Nc1ccc(F)cc1. The first-order valence-corrected chi connectivity index (χ1v) is 7.93. The Kier molecular flexibility index (Phi) is 4.81. The Bertz CT molecular complexity index is 856. The maximum atomic E-state index is 12.8. The van der Waals surface area contributed by atoms with Crippen molar-refractivity contribution in [1.82, 2.24) is 0 Å². The Hall–Kier alpha value is -2.36. The van der Waals surface area contributed by atoms with Crippen molar-refractivity contribution >= 4 is 33.4 Å². The largest absolute Gasteiger partial charge is 0.279 e. The van der Waals surface area contributed by atoms with E-state index in [2.05, 4.69) is 4.72 Å². The van der Waals surface area contributed by atoms with Gasteiger partial charge >= 0.3 is 0 Å². The summed E-state index contributed by atoms with van der Waals surface area (Å²) in [6.45, 7) is 0. The second-order valence-corrected chi connectivity index (χ2v) is 6.31. The first-order valence-electron chi connectivity index (χ1n) is 6.07. The zero-order valence-electron chi connectivity index (χ0n) is 11.1. The van der Waals surface area contributed by atoms with E-state index in [1.807, 2.05) is 0 Å². The van der Waals surface area contributed by atoms with Crippen LogP contribution in [0, 0.1) is 17.1 Å². The van der Waals surface area contributed by atoms with Gasteiger partial charge in [-0.25, -0.2) is 12.8 Å². The number of nitriles is 1. The van der Waals surface area contributed by atoms with Crippen LogP contribution in [-0.2, 0) is 10.0 Å². The van der Waals surface area contributed by atoms with Crippen LogP contribution in [0.4, 0.5) is 10.1 Å². The van der Waals surface area contributed by atoms with Crippen LogP contribution >= 0.6 is 11.6 Å². The average molecular weight is 337 g/mol. The number of allylic oxidation sites excluding steroid dienone is 1. The minimum atomic E-state index is -4.08. The second kappa shape index (κ2) is 6.60. The molecule has 0 atom stereocenters. The molecule has 0 aliphatic heterocycles. The van der Waals surface area contributed by atoms with E-state index >= 15 is 0 Å². The van der Waals surface area contributed by atoms with Crippen molar-refractivity contribution in [3.05, 3.63) is 69.8 Å². The summed E-state index contributed by atoms with van der Waals surface area (Å²) < 4.78 is 39.4. The van der Waals surface area contributed by atoms with Gasteiger partial charge in [0, 0.05) is 10.7 Å². The predicted molar refractivity (Wildman–Crippen MR) is 84.0 cm³/mol. The van der Waals surface area contributed by atoms with Gasteiger partial charge in [0.15, 0.2) is 4.91 Å². The summed E-state index contributed by atoms with van der Waals surface area (Å²) in [7, 11) is -4.08. The Labute approximate surface area is 132 Å². The standard InChI is InChI=1S/C15H10ClFN2O2S/c16-15-4-2-1-3-11(15)9-14(10-18)22(20,21)19-13-7-5-12(17)6-8-13/h1-9,19H. The monoisotopic (exact) mass is 336 g/mol. The summed E-state index contributed by atoms with van der Waals surface area (Å²) in [6, 6.07) is 12.9. The highest BCUT2D eigenvalue weighted by molar-refractivity contribution is 7.96. The predicted octanol–water partition coefficient (Wildman–Crippen LogP) is 3.79. The molecular weight excluding hydrogens is 327 g/mol. The Morgan fingerprint density at radius 2 is 1.82 bits per heavy atom. The summed E-state index contributed by atoms with van der Waals surface area (Å²) in [5.74, 6) is -0.491. The van der Waals surface area contributed by atoms with Crippen molar-refractivity contribution < 1.29 is 12.8 Å².